The molecule has 1 atom stereocenters. The molecule has 4 nitrogen and oxygen atoms in total. The van der Waals surface area contributed by atoms with Gasteiger partial charge in [-0.25, -0.2) is 0 Å². The first-order valence-corrected chi connectivity index (χ1v) is 11.2. The quantitative estimate of drug-likeness (QED) is 0.517. The summed E-state index contributed by atoms with van der Waals surface area (Å²) in [4.78, 5) is 28.1. The van der Waals surface area contributed by atoms with E-state index < -0.39 is 6.04 Å². The SMILES string of the molecule is CCNC(=O)[C@@H](C)N(Cc1ccccc1C)C(=O)CC(c1ccccc1)c1ccccc1. The molecule has 32 heavy (non-hydrogen) atoms. The highest BCUT2D eigenvalue weighted by Gasteiger charge is 2.29. The molecule has 3 aromatic carbocycles. The van der Waals surface area contributed by atoms with E-state index >= 15 is 0 Å². The standard InChI is InChI=1S/C28H32N2O2/c1-4-29-28(32)22(3)30(20-25-18-12-11-13-21(25)2)27(31)19-26(23-14-7-5-8-15-23)24-16-9-6-10-17-24/h5-18,22,26H,4,19-20H2,1-3H3,(H,29,32)/t22-/m1/s1. The fourth-order valence-electron chi connectivity index (χ4n) is 3.97. The van der Waals surface area contributed by atoms with Gasteiger partial charge in [-0.3, -0.25) is 9.59 Å². The number of hydrogen-bond donors (Lipinski definition) is 1. The predicted molar refractivity (Wildman–Crippen MR) is 129 cm³/mol. The van der Waals surface area contributed by atoms with Gasteiger partial charge in [-0.05, 0) is 43.0 Å². The molecule has 1 N–H and O–H groups in total. The summed E-state index contributed by atoms with van der Waals surface area (Å²) in [5.74, 6) is -0.249. The molecular formula is C28H32N2O2. The zero-order chi connectivity index (χ0) is 22.9. The van der Waals surface area contributed by atoms with E-state index in [1.54, 1.807) is 11.8 Å². The molecule has 0 heterocycles. The fraction of sp³-hybridized carbons (Fsp3) is 0.286. The van der Waals surface area contributed by atoms with Crippen molar-refractivity contribution >= 4 is 11.8 Å². The Balaban J connectivity index is 1.92. The van der Waals surface area contributed by atoms with Crippen LogP contribution in [0.25, 0.3) is 0 Å². The van der Waals surface area contributed by atoms with Crippen LogP contribution in [0.1, 0.15) is 48.4 Å². The highest BCUT2D eigenvalue weighted by Crippen LogP contribution is 2.29. The molecule has 166 valence electrons. The van der Waals surface area contributed by atoms with Crippen molar-refractivity contribution in [3.05, 3.63) is 107 Å². The first-order valence-electron chi connectivity index (χ1n) is 11.2. The number of nitrogens with zero attached hydrogens (tertiary/aromatic N) is 1. The summed E-state index contributed by atoms with van der Waals surface area (Å²) in [5.41, 5.74) is 4.34. The van der Waals surface area contributed by atoms with Crippen LogP contribution < -0.4 is 5.32 Å². The van der Waals surface area contributed by atoms with E-state index in [9.17, 15) is 9.59 Å². The summed E-state index contributed by atoms with van der Waals surface area (Å²) in [6, 6.07) is 27.6. The molecule has 0 aliphatic rings. The van der Waals surface area contributed by atoms with Gasteiger partial charge in [-0.2, -0.15) is 0 Å². The van der Waals surface area contributed by atoms with Crippen molar-refractivity contribution in [2.24, 2.45) is 0 Å². The van der Waals surface area contributed by atoms with E-state index in [0.29, 0.717) is 19.5 Å². The minimum Gasteiger partial charge on any atom is -0.355 e. The Kier molecular flexibility index (Phi) is 8.20. The number of likely N-dealkylation sites (N-methyl/N-ethyl adjacent to an activating group) is 1. The van der Waals surface area contributed by atoms with Crippen LogP contribution >= 0.6 is 0 Å². The maximum absolute atomic E-state index is 13.7. The molecule has 4 heteroatoms. The second kappa shape index (κ2) is 11.3. The third-order valence-corrected chi connectivity index (χ3v) is 5.90. The topological polar surface area (TPSA) is 49.4 Å². The number of rotatable bonds is 9. The van der Waals surface area contributed by atoms with Crippen molar-refractivity contribution in [1.82, 2.24) is 10.2 Å². The van der Waals surface area contributed by atoms with Gasteiger partial charge in [0.05, 0.1) is 0 Å². The van der Waals surface area contributed by atoms with Crippen LogP contribution in [-0.2, 0) is 16.1 Å². The lowest BCUT2D eigenvalue weighted by atomic mass is 9.88. The third kappa shape index (κ3) is 5.85. The highest BCUT2D eigenvalue weighted by atomic mass is 16.2. The van der Waals surface area contributed by atoms with Gasteiger partial charge in [0.25, 0.3) is 0 Å². The van der Waals surface area contributed by atoms with Crippen LogP contribution in [0.3, 0.4) is 0 Å². The molecule has 3 aromatic rings. The molecule has 0 unspecified atom stereocenters. The summed E-state index contributed by atoms with van der Waals surface area (Å²) in [7, 11) is 0. The highest BCUT2D eigenvalue weighted by molar-refractivity contribution is 5.87. The molecule has 2 amide bonds. The molecule has 0 aliphatic heterocycles. The lowest BCUT2D eigenvalue weighted by Crippen LogP contribution is -2.48. The summed E-state index contributed by atoms with van der Waals surface area (Å²) in [6.45, 7) is 6.66. The molecule has 0 aromatic heterocycles. The normalized spacial score (nSPS) is 11.8. The number of carbonyl (C=O) groups excluding carboxylic acids is 2. The Bertz CT molecular complexity index is 978. The Labute approximate surface area is 191 Å². The second-order valence-electron chi connectivity index (χ2n) is 8.10. The number of benzene rings is 3. The zero-order valence-corrected chi connectivity index (χ0v) is 19.1. The van der Waals surface area contributed by atoms with Crippen molar-refractivity contribution < 1.29 is 9.59 Å². The number of amides is 2. The van der Waals surface area contributed by atoms with Gasteiger partial charge in [-0.15, -0.1) is 0 Å². The van der Waals surface area contributed by atoms with E-state index in [-0.39, 0.29) is 17.7 Å². The van der Waals surface area contributed by atoms with Crippen LogP contribution in [0.15, 0.2) is 84.9 Å². The Morgan fingerprint density at radius 1 is 0.844 bits per heavy atom. The van der Waals surface area contributed by atoms with Gasteiger partial charge >= 0.3 is 0 Å². The van der Waals surface area contributed by atoms with Crippen LogP contribution in [0.4, 0.5) is 0 Å². The number of aryl methyl sites for hydroxylation is 1. The molecular weight excluding hydrogens is 396 g/mol. The molecule has 0 radical (unpaired) electrons. The van der Waals surface area contributed by atoms with E-state index in [0.717, 1.165) is 22.3 Å². The smallest absolute Gasteiger partial charge is 0.242 e. The molecule has 0 fully saturated rings. The van der Waals surface area contributed by atoms with Crippen molar-refractivity contribution in [3.63, 3.8) is 0 Å². The van der Waals surface area contributed by atoms with Gasteiger partial charge in [-0.1, -0.05) is 84.9 Å². The van der Waals surface area contributed by atoms with Crippen molar-refractivity contribution in [2.75, 3.05) is 6.54 Å². The first-order chi connectivity index (χ1) is 15.5. The van der Waals surface area contributed by atoms with Gasteiger partial charge in [0, 0.05) is 25.4 Å². The number of carbonyl (C=O) groups is 2. The van der Waals surface area contributed by atoms with Crippen LogP contribution in [0.5, 0.6) is 0 Å². The van der Waals surface area contributed by atoms with E-state index in [4.69, 9.17) is 0 Å². The first kappa shape index (κ1) is 23.3. The zero-order valence-electron chi connectivity index (χ0n) is 19.1. The van der Waals surface area contributed by atoms with E-state index in [1.165, 1.54) is 0 Å². The van der Waals surface area contributed by atoms with Gasteiger partial charge in [0.1, 0.15) is 6.04 Å². The number of nitrogens with one attached hydrogen (secondary N) is 1. The van der Waals surface area contributed by atoms with Crippen LogP contribution in [0.2, 0.25) is 0 Å². The van der Waals surface area contributed by atoms with Crippen molar-refractivity contribution in [1.29, 1.82) is 0 Å². The third-order valence-electron chi connectivity index (χ3n) is 5.90. The molecule has 0 bridgehead atoms. The van der Waals surface area contributed by atoms with Crippen molar-refractivity contribution in [3.8, 4) is 0 Å². The van der Waals surface area contributed by atoms with E-state index in [1.807, 2.05) is 74.5 Å². The lowest BCUT2D eigenvalue weighted by Gasteiger charge is -2.31. The minimum absolute atomic E-state index is 0.0373. The number of hydrogen-bond acceptors (Lipinski definition) is 2. The Morgan fingerprint density at radius 3 is 1.91 bits per heavy atom. The minimum atomic E-state index is -0.561. The second-order valence-corrected chi connectivity index (χ2v) is 8.10. The Morgan fingerprint density at radius 2 is 1.38 bits per heavy atom. The predicted octanol–water partition coefficient (Wildman–Crippen LogP) is 5.07. The maximum atomic E-state index is 13.7. The van der Waals surface area contributed by atoms with Crippen molar-refractivity contribution in [2.45, 2.75) is 45.7 Å². The fourth-order valence-corrected chi connectivity index (χ4v) is 3.97. The van der Waals surface area contributed by atoms with Gasteiger partial charge in [0.15, 0.2) is 0 Å². The molecule has 0 saturated carbocycles. The lowest BCUT2D eigenvalue weighted by molar-refractivity contribution is -0.140. The Hall–Kier alpha value is -3.40. The molecule has 0 aliphatic carbocycles. The average molecular weight is 429 g/mol. The average Bonchev–Trinajstić information content (AvgIpc) is 2.82. The monoisotopic (exact) mass is 428 g/mol. The van der Waals surface area contributed by atoms with Gasteiger partial charge < -0.3 is 10.2 Å². The van der Waals surface area contributed by atoms with E-state index in [2.05, 4.69) is 29.6 Å². The molecule has 0 spiro atoms. The van der Waals surface area contributed by atoms with Gasteiger partial charge in [0.2, 0.25) is 11.8 Å². The summed E-state index contributed by atoms with van der Waals surface area (Å²) >= 11 is 0. The summed E-state index contributed by atoms with van der Waals surface area (Å²) < 4.78 is 0. The summed E-state index contributed by atoms with van der Waals surface area (Å²) in [6.07, 6.45) is 0.295. The summed E-state index contributed by atoms with van der Waals surface area (Å²) in [5, 5.41) is 2.86. The molecule has 3 rings (SSSR count). The maximum Gasteiger partial charge on any atom is 0.242 e. The largest absolute Gasteiger partial charge is 0.355 e. The van der Waals surface area contributed by atoms with Crippen LogP contribution in [-0.4, -0.2) is 29.3 Å². The van der Waals surface area contributed by atoms with Crippen LogP contribution in [0, 0.1) is 6.92 Å². The molecule has 0 saturated heterocycles.